The van der Waals surface area contributed by atoms with Crippen LogP contribution in [0.1, 0.15) is 36.5 Å². The lowest BCUT2D eigenvalue weighted by Crippen LogP contribution is -2.17. The minimum Gasteiger partial charge on any atom is -0.404 e. The van der Waals surface area contributed by atoms with Gasteiger partial charge < -0.3 is 16.6 Å². The number of nitrogens with two attached hydrogens (primary N) is 2. The maximum atomic E-state index is 10.1. The average molecular weight is 376 g/mol. The maximum Gasteiger partial charge on any atom is 0.221 e. The number of allylic oxidation sites excluding steroid dienone is 1. The highest BCUT2D eigenvalue weighted by molar-refractivity contribution is 6.13. The Bertz CT molecular complexity index is 1070. The molecule has 0 atom stereocenters. The van der Waals surface area contributed by atoms with Crippen LogP contribution in [0, 0.1) is 6.92 Å². The van der Waals surface area contributed by atoms with Crippen LogP contribution in [-0.4, -0.2) is 26.3 Å². The van der Waals surface area contributed by atoms with Gasteiger partial charge in [-0.15, -0.1) is 0 Å². The van der Waals surface area contributed by atoms with Gasteiger partial charge in [0.2, 0.25) is 5.95 Å². The van der Waals surface area contributed by atoms with Crippen LogP contribution in [0.15, 0.2) is 47.6 Å². The first-order valence-corrected chi connectivity index (χ1v) is 8.93. The summed E-state index contributed by atoms with van der Waals surface area (Å²) in [5.74, 6) is 0.184. The Morgan fingerprint density at radius 2 is 1.89 bits per heavy atom. The molecule has 0 fully saturated rings. The topological polar surface area (TPSA) is 123 Å². The standard InChI is InChI=1S/C21H24N6O/c1-13-6-4-8-16-18(13)26-20(23)27-19(16)14(10-22)11-24-12-15-7-5-9-17(25-15)21(2,3)28/h4-11,28H,12,22H2,1-3H3,(H2,23,26,27). The molecule has 7 heteroatoms. The Kier molecular flexibility index (Phi) is 5.37. The second-order valence-corrected chi connectivity index (χ2v) is 7.07. The van der Waals surface area contributed by atoms with Crippen molar-refractivity contribution in [1.29, 1.82) is 0 Å². The van der Waals surface area contributed by atoms with E-state index in [1.54, 1.807) is 26.1 Å². The molecule has 0 radical (unpaired) electrons. The second-order valence-electron chi connectivity index (χ2n) is 7.07. The van der Waals surface area contributed by atoms with Gasteiger partial charge in [-0.1, -0.05) is 24.3 Å². The van der Waals surface area contributed by atoms with Crippen molar-refractivity contribution in [3.8, 4) is 0 Å². The fourth-order valence-electron chi connectivity index (χ4n) is 2.86. The number of nitrogen functional groups attached to an aromatic ring is 1. The smallest absolute Gasteiger partial charge is 0.221 e. The summed E-state index contributed by atoms with van der Waals surface area (Å²) in [7, 11) is 0. The van der Waals surface area contributed by atoms with E-state index in [2.05, 4.69) is 19.9 Å². The van der Waals surface area contributed by atoms with Gasteiger partial charge in [0.25, 0.3) is 0 Å². The quantitative estimate of drug-likeness (QED) is 0.588. The highest BCUT2D eigenvalue weighted by Gasteiger charge is 2.17. The lowest BCUT2D eigenvalue weighted by Gasteiger charge is -2.16. The van der Waals surface area contributed by atoms with Crippen molar-refractivity contribution in [3.05, 3.63) is 65.2 Å². The lowest BCUT2D eigenvalue weighted by atomic mass is 10.0. The predicted molar refractivity (Wildman–Crippen MR) is 113 cm³/mol. The number of rotatable bonds is 5. The van der Waals surface area contributed by atoms with Gasteiger partial charge in [0.05, 0.1) is 29.1 Å². The highest BCUT2D eigenvalue weighted by atomic mass is 16.3. The van der Waals surface area contributed by atoms with E-state index < -0.39 is 5.60 Å². The van der Waals surface area contributed by atoms with E-state index in [9.17, 15) is 5.11 Å². The van der Waals surface area contributed by atoms with Crippen LogP contribution >= 0.6 is 0 Å². The Balaban J connectivity index is 1.90. The van der Waals surface area contributed by atoms with Crippen molar-refractivity contribution in [2.45, 2.75) is 32.9 Å². The molecule has 3 rings (SSSR count). The fraction of sp³-hybridized carbons (Fsp3) is 0.238. The molecule has 0 unspecified atom stereocenters. The first-order valence-electron chi connectivity index (χ1n) is 8.93. The highest BCUT2D eigenvalue weighted by Crippen LogP contribution is 2.24. The number of pyridine rings is 1. The number of aliphatic hydroxyl groups is 1. The van der Waals surface area contributed by atoms with Crippen LogP contribution in [0.3, 0.4) is 0 Å². The Morgan fingerprint density at radius 1 is 1.14 bits per heavy atom. The van der Waals surface area contributed by atoms with Crippen LogP contribution in [-0.2, 0) is 12.1 Å². The largest absolute Gasteiger partial charge is 0.404 e. The monoisotopic (exact) mass is 376 g/mol. The number of aliphatic imine (C=N–C) groups is 1. The van der Waals surface area contributed by atoms with Crippen molar-refractivity contribution in [3.63, 3.8) is 0 Å². The number of aromatic nitrogens is 3. The lowest BCUT2D eigenvalue weighted by molar-refractivity contribution is 0.0736. The van der Waals surface area contributed by atoms with Crippen molar-refractivity contribution in [2.24, 2.45) is 10.7 Å². The number of nitrogens with zero attached hydrogens (tertiary/aromatic N) is 4. The Hall–Kier alpha value is -3.32. The number of hydrogen-bond donors (Lipinski definition) is 3. The fourth-order valence-corrected chi connectivity index (χ4v) is 2.86. The van der Waals surface area contributed by atoms with E-state index in [4.69, 9.17) is 11.5 Å². The molecule has 0 saturated heterocycles. The molecule has 1 aromatic carbocycles. The summed E-state index contributed by atoms with van der Waals surface area (Å²) in [5, 5.41) is 11.0. The van der Waals surface area contributed by atoms with E-state index in [1.807, 2.05) is 37.3 Å². The average Bonchev–Trinajstić information content (AvgIpc) is 2.65. The van der Waals surface area contributed by atoms with Gasteiger partial charge in [0, 0.05) is 23.4 Å². The zero-order valence-electron chi connectivity index (χ0n) is 16.2. The summed E-state index contributed by atoms with van der Waals surface area (Å²) in [6.45, 7) is 5.72. The van der Waals surface area contributed by atoms with Crippen molar-refractivity contribution in [1.82, 2.24) is 15.0 Å². The summed E-state index contributed by atoms with van der Waals surface area (Å²) >= 11 is 0. The zero-order chi connectivity index (χ0) is 20.3. The predicted octanol–water partition coefficient (Wildman–Crippen LogP) is 2.71. The Morgan fingerprint density at radius 3 is 2.61 bits per heavy atom. The molecular weight excluding hydrogens is 352 g/mol. The maximum absolute atomic E-state index is 10.1. The molecule has 0 spiro atoms. The van der Waals surface area contributed by atoms with Crippen molar-refractivity contribution >= 4 is 28.6 Å². The molecule has 0 aliphatic rings. The van der Waals surface area contributed by atoms with Crippen LogP contribution in [0.5, 0.6) is 0 Å². The second kappa shape index (κ2) is 7.74. The van der Waals surface area contributed by atoms with E-state index in [0.717, 1.165) is 22.2 Å². The third-order valence-corrected chi connectivity index (χ3v) is 4.32. The molecule has 2 heterocycles. The molecule has 144 valence electrons. The van der Waals surface area contributed by atoms with E-state index in [1.165, 1.54) is 6.20 Å². The summed E-state index contributed by atoms with van der Waals surface area (Å²) < 4.78 is 0. The number of fused-ring (bicyclic) bond motifs is 1. The summed E-state index contributed by atoms with van der Waals surface area (Å²) in [6.07, 6.45) is 3.11. The molecule has 0 aliphatic heterocycles. The molecule has 5 N–H and O–H groups in total. The molecule has 0 saturated carbocycles. The van der Waals surface area contributed by atoms with E-state index >= 15 is 0 Å². The van der Waals surface area contributed by atoms with Crippen LogP contribution in [0.4, 0.5) is 5.95 Å². The minimum atomic E-state index is -1.00. The summed E-state index contributed by atoms with van der Waals surface area (Å²) in [5.41, 5.74) is 15.2. The number of aryl methyl sites for hydroxylation is 1. The first kappa shape index (κ1) is 19.4. The molecule has 7 nitrogen and oxygen atoms in total. The Labute approximate surface area is 163 Å². The number of benzene rings is 1. The zero-order valence-corrected chi connectivity index (χ0v) is 16.2. The van der Waals surface area contributed by atoms with Crippen LogP contribution < -0.4 is 11.5 Å². The van der Waals surface area contributed by atoms with Gasteiger partial charge in [-0.25, -0.2) is 9.97 Å². The molecule has 28 heavy (non-hydrogen) atoms. The summed E-state index contributed by atoms with van der Waals surface area (Å²) in [6, 6.07) is 11.4. The van der Waals surface area contributed by atoms with Crippen molar-refractivity contribution < 1.29 is 5.11 Å². The number of hydrogen-bond acceptors (Lipinski definition) is 7. The summed E-state index contributed by atoms with van der Waals surface area (Å²) in [4.78, 5) is 17.6. The molecule has 3 aromatic rings. The first-order chi connectivity index (χ1) is 13.3. The molecular formula is C21H24N6O. The van der Waals surface area contributed by atoms with Gasteiger partial charge in [-0.2, -0.15) is 0 Å². The van der Waals surface area contributed by atoms with Gasteiger partial charge in [0.15, 0.2) is 0 Å². The van der Waals surface area contributed by atoms with E-state index in [0.29, 0.717) is 23.5 Å². The van der Waals surface area contributed by atoms with Gasteiger partial charge in [-0.05, 0) is 38.5 Å². The van der Waals surface area contributed by atoms with Crippen LogP contribution in [0.2, 0.25) is 0 Å². The van der Waals surface area contributed by atoms with Crippen molar-refractivity contribution in [2.75, 3.05) is 5.73 Å². The van der Waals surface area contributed by atoms with Crippen LogP contribution in [0.25, 0.3) is 16.5 Å². The number of para-hydroxylation sites is 1. The van der Waals surface area contributed by atoms with E-state index in [-0.39, 0.29) is 5.95 Å². The SMILES string of the molecule is Cc1cccc2c(C(C=NCc3cccc(C(C)(C)O)n3)=CN)nc(N)nc12. The third kappa shape index (κ3) is 4.15. The number of anilines is 1. The molecule has 2 aromatic heterocycles. The molecule has 0 amide bonds. The third-order valence-electron chi connectivity index (χ3n) is 4.32. The molecule has 0 aliphatic carbocycles. The minimum absolute atomic E-state index is 0.184. The van der Waals surface area contributed by atoms with Gasteiger partial charge in [0.1, 0.15) is 5.60 Å². The van der Waals surface area contributed by atoms with Gasteiger partial charge in [-0.3, -0.25) is 9.98 Å². The van der Waals surface area contributed by atoms with Gasteiger partial charge >= 0.3 is 0 Å². The normalized spacial score (nSPS) is 12.8. The molecule has 0 bridgehead atoms.